The molecule has 4 aromatic rings. The van der Waals surface area contributed by atoms with E-state index in [4.69, 9.17) is 14.2 Å². The zero-order valence-corrected chi connectivity index (χ0v) is 36.8. The largest absolute Gasteiger partial charge is 0.490 e. The van der Waals surface area contributed by atoms with Crippen molar-refractivity contribution < 1.29 is 23.8 Å². The Bertz CT molecular complexity index is 1890. The first-order valence-corrected chi connectivity index (χ1v) is 22.0. The highest BCUT2D eigenvalue weighted by atomic mass is 16.6. The molecule has 5 heteroatoms. The molecule has 2 aliphatic rings. The van der Waals surface area contributed by atoms with E-state index in [0.717, 1.165) is 91.9 Å². The van der Waals surface area contributed by atoms with Crippen LogP contribution >= 0.6 is 0 Å². The van der Waals surface area contributed by atoms with Gasteiger partial charge in [-0.25, -0.2) is 0 Å². The van der Waals surface area contributed by atoms with Gasteiger partial charge < -0.3 is 19.0 Å². The van der Waals surface area contributed by atoms with Crippen molar-refractivity contribution in [3.63, 3.8) is 0 Å². The molecule has 57 heavy (non-hydrogen) atoms. The predicted octanol–water partition coefficient (Wildman–Crippen LogP) is 13.8. The zero-order valence-electron chi connectivity index (χ0n) is 36.8. The second-order valence-electron chi connectivity index (χ2n) is 20.1. The minimum atomic E-state index is -0.390. The number of esters is 1. The third-order valence-corrected chi connectivity index (χ3v) is 12.2. The number of carbonyl (C=O) groups excluding carboxylic acids is 2. The summed E-state index contributed by atoms with van der Waals surface area (Å²) in [6.45, 7) is 19.9. The highest BCUT2D eigenvalue weighted by molar-refractivity contribution is 5.85. The van der Waals surface area contributed by atoms with E-state index in [1.54, 1.807) is 0 Å². The Balaban J connectivity index is 0.000000228. The van der Waals surface area contributed by atoms with Gasteiger partial charge >= 0.3 is 5.97 Å². The van der Waals surface area contributed by atoms with Crippen LogP contribution in [0, 0.1) is 22.7 Å². The number of aldehydes is 1. The molecule has 5 nitrogen and oxygen atoms in total. The Hall–Kier alpha value is -3.86. The van der Waals surface area contributed by atoms with Crippen LogP contribution in [0.2, 0.25) is 0 Å². The van der Waals surface area contributed by atoms with Crippen molar-refractivity contribution in [1.82, 2.24) is 0 Å². The lowest BCUT2D eigenvalue weighted by Crippen LogP contribution is -2.30. The lowest BCUT2D eigenvalue weighted by atomic mass is 9.72. The number of rotatable bonds is 12. The first kappa shape index (κ1) is 44.2. The summed E-state index contributed by atoms with van der Waals surface area (Å²) in [7, 11) is 0. The summed E-state index contributed by atoms with van der Waals surface area (Å²) in [5.41, 5.74) is 2.84. The zero-order chi connectivity index (χ0) is 41.2. The van der Waals surface area contributed by atoms with E-state index in [1.807, 2.05) is 26.8 Å². The van der Waals surface area contributed by atoms with Crippen LogP contribution < -0.4 is 9.47 Å². The lowest BCUT2D eigenvalue weighted by Gasteiger charge is -2.37. The maximum Gasteiger partial charge on any atom is 0.306 e. The molecule has 6 rings (SSSR count). The summed E-state index contributed by atoms with van der Waals surface area (Å²) in [5.74, 6) is 3.49. The van der Waals surface area contributed by atoms with Gasteiger partial charge in [-0.05, 0) is 171 Å². The molecule has 4 aromatic carbocycles. The van der Waals surface area contributed by atoms with Gasteiger partial charge in [-0.2, -0.15) is 0 Å². The third kappa shape index (κ3) is 14.2. The van der Waals surface area contributed by atoms with Gasteiger partial charge in [-0.1, -0.05) is 96.5 Å². The predicted molar refractivity (Wildman–Crippen MR) is 237 cm³/mol. The van der Waals surface area contributed by atoms with Gasteiger partial charge in [-0.15, -0.1) is 0 Å². The monoisotopic (exact) mass is 777 g/mol. The molecule has 0 saturated heterocycles. The number of fused-ring (bicyclic) bond motifs is 2. The van der Waals surface area contributed by atoms with E-state index in [-0.39, 0.29) is 5.97 Å². The van der Waals surface area contributed by atoms with Gasteiger partial charge in [0.2, 0.25) is 0 Å². The lowest BCUT2D eigenvalue weighted by molar-refractivity contribution is -0.154. The van der Waals surface area contributed by atoms with Crippen molar-refractivity contribution in [1.29, 1.82) is 0 Å². The molecule has 0 heterocycles. The Morgan fingerprint density at radius 3 is 1.46 bits per heavy atom. The molecule has 0 spiro atoms. The second-order valence-corrected chi connectivity index (χ2v) is 20.1. The fourth-order valence-corrected chi connectivity index (χ4v) is 8.72. The van der Waals surface area contributed by atoms with E-state index in [0.29, 0.717) is 35.9 Å². The minimum absolute atomic E-state index is 0.0894. The molecule has 2 fully saturated rings. The van der Waals surface area contributed by atoms with E-state index in [2.05, 4.69) is 108 Å². The number of benzene rings is 4. The Labute approximate surface area is 344 Å². The standard InChI is InChI=1S/C30H44O3.C22H28O2/c1-29(2,3)25-15-18-26(19-16-25)32-27-17-14-23-20-22(12-13-24(23)21-27)10-8-7-9-11-28(31)33-30(4,5)6;1-22(2,3)19-7-10-20(11-8-19)24-21-9-6-17-14-16(12-13-23)4-5-18(17)15-21/h12-14,17,20-21,25-26H,7-11,15-16,18-19H2,1-6H3;4-6,9,13-15,19-20H,7-8,10-12H2,1-3H3. The summed E-state index contributed by atoms with van der Waals surface area (Å²) < 4.78 is 18.0. The molecule has 0 radical (unpaired) electrons. The maximum atomic E-state index is 11.8. The van der Waals surface area contributed by atoms with Crippen LogP contribution in [0.15, 0.2) is 72.8 Å². The van der Waals surface area contributed by atoms with Gasteiger partial charge in [0.05, 0.1) is 12.2 Å². The number of hydrogen-bond acceptors (Lipinski definition) is 5. The topological polar surface area (TPSA) is 61.8 Å². The average molecular weight is 777 g/mol. The van der Waals surface area contributed by atoms with Gasteiger partial charge in [-0.3, -0.25) is 4.79 Å². The Kier molecular flexibility index (Phi) is 15.3. The summed E-state index contributed by atoms with van der Waals surface area (Å²) in [6.07, 6.45) is 16.4. The van der Waals surface area contributed by atoms with E-state index >= 15 is 0 Å². The molecule has 0 N–H and O–H groups in total. The summed E-state index contributed by atoms with van der Waals surface area (Å²) >= 11 is 0. The van der Waals surface area contributed by atoms with Gasteiger partial charge in [0.15, 0.2) is 0 Å². The number of ether oxygens (including phenoxy) is 3. The van der Waals surface area contributed by atoms with Gasteiger partial charge in [0.25, 0.3) is 0 Å². The molecule has 2 aliphatic carbocycles. The fraction of sp³-hybridized carbons (Fsp3) is 0.577. The molecular formula is C52H72O5. The molecular weight excluding hydrogens is 705 g/mol. The molecule has 0 bridgehead atoms. The van der Waals surface area contributed by atoms with Crippen molar-refractivity contribution in [3.8, 4) is 11.5 Å². The van der Waals surface area contributed by atoms with E-state index < -0.39 is 5.60 Å². The van der Waals surface area contributed by atoms with Crippen molar-refractivity contribution >= 4 is 33.8 Å². The number of aryl methyl sites for hydroxylation is 1. The molecule has 0 aromatic heterocycles. The van der Waals surface area contributed by atoms with E-state index in [9.17, 15) is 9.59 Å². The number of unbranched alkanes of at least 4 members (excludes halogenated alkanes) is 2. The molecule has 0 atom stereocenters. The SMILES string of the molecule is CC(C)(C)C1CCC(Oc2ccc3cc(CC=O)ccc3c2)CC1.CC(C)(C)OC(=O)CCCCCc1ccc2cc(OC3CCC(C(C)(C)C)CC3)ccc2c1. The van der Waals surface area contributed by atoms with Crippen molar-refractivity contribution in [3.05, 3.63) is 83.9 Å². The van der Waals surface area contributed by atoms with Crippen LogP contribution in [0.25, 0.3) is 21.5 Å². The molecule has 0 aliphatic heterocycles. The van der Waals surface area contributed by atoms with Crippen molar-refractivity contribution in [2.24, 2.45) is 22.7 Å². The Morgan fingerprint density at radius 1 is 0.561 bits per heavy atom. The van der Waals surface area contributed by atoms with Gasteiger partial charge in [0.1, 0.15) is 23.4 Å². The third-order valence-electron chi connectivity index (χ3n) is 12.2. The summed E-state index contributed by atoms with van der Waals surface area (Å²) in [5, 5.41) is 4.85. The molecule has 2 saturated carbocycles. The minimum Gasteiger partial charge on any atom is -0.490 e. The van der Waals surface area contributed by atoms with Crippen molar-refractivity contribution in [2.45, 2.75) is 170 Å². The normalized spacial score (nSPS) is 20.4. The molecule has 0 amide bonds. The highest BCUT2D eigenvalue weighted by Gasteiger charge is 2.31. The summed E-state index contributed by atoms with van der Waals surface area (Å²) in [4.78, 5) is 22.5. The first-order chi connectivity index (χ1) is 26.9. The van der Waals surface area contributed by atoms with Gasteiger partial charge in [0, 0.05) is 12.8 Å². The number of hydrogen-bond donors (Lipinski definition) is 0. The van der Waals surface area contributed by atoms with Crippen LogP contribution in [0.5, 0.6) is 11.5 Å². The van der Waals surface area contributed by atoms with Crippen LogP contribution in [0.3, 0.4) is 0 Å². The Morgan fingerprint density at radius 2 is 1.00 bits per heavy atom. The molecule has 310 valence electrons. The van der Waals surface area contributed by atoms with Crippen molar-refractivity contribution in [2.75, 3.05) is 0 Å². The fourth-order valence-electron chi connectivity index (χ4n) is 8.72. The average Bonchev–Trinajstić information content (AvgIpc) is 3.14. The number of carbonyl (C=O) groups is 2. The van der Waals surface area contributed by atoms with Crippen LogP contribution in [-0.4, -0.2) is 30.1 Å². The van der Waals surface area contributed by atoms with Crippen LogP contribution in [-0.2, 0) is 27.2 Å². The maximum absolute atomic E-state index is 11.8. The highest BCUT2D eigenvalue weighted by Crippen LogP contribution is 2.40. The quantitative estimate of drug-likeness (QED) is 0.0814. The summed E-state index contributed by atoms with van der Waals surface area (Å²) in [6, 6.07) is 25.7. The molecule has 0 unspecified atom stereocenters. The first-order valence-electron chi connectivity index (χ1n) is 22.0. The smallest absolute Gasteiger partial charge is 0.306 e. The van der Waals surface area contributed by atoms with E-state index in [1.165, 1.54) is 47.4 Å². The van der Waals surface area contributed by atoms with Crippen LogP contribution in [0.1, 0.15) is 150 Å². The second kappa shape index (κ2) is 19.7. The van der Waals surface area contributed by atoms with Crippen LogP contribution in [0.4, 0.5) is 0 Å².